The number of hydrogen-bond donors (Lipinski definition) is 2. The van der Waals surface area contributed by atoms with Crippen LogP contribution in [-0.4, -0.2) is 32.3 Å². The summed E-state index contributed by atoms with van der Waals surface area (Å²) in [7, 11) is 0. The highest BCUT2D eigenvalue weighted by Crippen LogP contribution is 2.34. The lowest BCUT2D eigenvalue weighted by Crippen LogP contribution is -2.31. The van der Waals surface area contributed by atoms with E-state index in [0.717, 1.165) is 38.4 Å². The van der Waals surface area contributed by atoms with E-state index in [1.54, 1.807) is 0 Å². The molecular weight excluding hydrogens is 216 g/mol. The Balaban J connectivity index is 1.72. The molecule has 2 rings (SSSR count). The zero-order chi connectivity index (χ0) is 12.1. The number of hydrogen-bond acceptors (Lipinski definition) is 3. The Labute approximate surface area is 103 Å². The van der Waals surface area contributed by atoms with Crippen LogP contribution in [-0.2, 0) is 4.74 Å². The minimum atomic E-state index is -0.292. The molecule has 0 saturated carbocycles. The fourth-order valence-corrected chi connectivity index (χ4v) is 2.92. The molecule has 3 atom stereocenters. The lowest BCUT2D eigenvalue weighted by Gasteiger charge is -2.29. The van der Waals surface area contributed by atoms with Crippen LogP contribution >= 0.6 is 0 Å². The first-order chi connectivity index (χ1) is 8.31. The van der Waals surface area contributed by atoms with E-state index in [9.17, 15) is 4.79 Å². The Hall–Kier alpha value is -1.03. The number of carbonyl (C=O) groups excluding carboxylic acids is 1. The van der Waals surface area contributed by atoms with Crippen molar-refractivity contribution in [2.75, 3.05) is 26.2 Å². The van der Waals surface area contributed by atoms with Gasteiger partial charge in [0.05, 0.1) is 6.61 Å². The van der Waals surface area contributed by atoms with Gasteiger partial charge in [-0.2, -0.15) is 0 Å². The van der Waals surface area contributed by atoms with Crippen LogP contribution in [0, 0.1) is 17.8 Å². The van der Waals surface area contributed by atoms with Crippen molar-refractivity contribution in [3.8, 4) is 0 Å². The predicted octanol–water partition coefficient (Wildman–Crippen LogP) is 1.53. The summed E-state index contributed by atoms with van der Waals surface area (Å²) in [6, 6.07) is 0. The second-order valence-electron chi connectivity index (χ2n) is 4.85. The molecule has 1 aliphatic carbocycles. The molecule has 0 bridgehead atoms. The summed E-state index contributed by atoms with van der Waals surface area (Å²) in [5.41, 5.74) is 0. The van der Waals surface area contributed by atoms with Crippen molar-refractivity contribution in [2.24, 2.45) is 17.8 Å². The van der Waals surface area contributed by atoms with Gasteiger partial charge in [0, 0.05) is 13.1 Å². The number of allylic oxidation sites excluding steroid dienone is 1. The lowest BCUT2D eigenvalue weighted by molar-refractivity contribution is 0.150. The third-order valence-electron chi connectivity index (χ3n) is 3.80. The Kier molecular flexibility index (Phi) is 4.42. The van der Waals surface area contributed by atoms with Crippen molar-refractivity contribution in [1.29, 1.82) is 0 Å². The molecule has 96 valence electrons. The van der Waals surface area contributed by atoms with Gasteiger partial charge in [-0.15, -0.1) is 0 Å². The summed E-state index contributed by atoms with van der Waals surface area (Å²) in [5, 5.41) is 6.26. The molecule has 1 aliphatic heterocycles. The molecule has 1 heterocycles. The summed E-state index contributed by atoms with van der Waals surface area (Å²) in [6.45, 7) is 5.22. The van der Waals surface area contributed by atoms with Crippen LogP contribution in [0.2, 0.25) is 0 Å². The van der Waals surface area contributed by atoms with Crippen LogP contribution in [0.3, 0.4) is 0 Å². The highest BCUT2D eigenvalue weighted by Gasteiger charge is 2.33. The van der Waals surface area contributed by atoms with E-state index in [1.807, 2.05) is 6.92 Å². The van der Waals surface area contributed by atoms with Crippen LogP contribution in [0.4, 0.5) is 4.79 Å². The summed E-state index contributed by atoms with van der Waals surface area (Å²) >= 11 is 0. The zero-order valence-corrected chi connectivity index (χ0v) is 10.4. The molecule has 0 aromatic rings. The maximum Gasteiger partial charge on any atom is 0.407 e. The molecule has 1 saturated heterocycles. The molecule has 0 radical (unpaired) electrons. The first-order valence-corrected chi connectivity index (χ1v) is 6.59. The molecule has 2 aliphatic rings. The van der Waals surface area contributed by atoms with Crippen LogP contribution in [0.25, 0.3) is 0 Å². The van der Waals surface area contributed by atoms with E-state index >= 15 is 0 Å². The van der Waals surface area contributed by atoms with Crippen molar-refractivity contribution >= 4 is 6.09 Å². The van der Waals surface area contributed by atoms with Crippen LogP contribution in [0.5, 0.6) is 0 Å². The van der Waals surface area contributed by atoms with E-state index in [1.165, 1.54) is 0 Å². The summed E-state index contributed by atoms with van der Waals surface area (Å²) < 4.78 is 4.84. The van der Waals surface area contributed by atoms with Crippen molar-refractivity contribution in [3.05, 3.63) is 12.2 Å². The number of amides is 1. The Morgan fingerprint density at radius 1 is 1.53 bits per heavy atom. The van der Waals surface area contributed by atoms with Gasteiger partial charge in [0.25, 0.3) is 0 Å². The van der Waals surface area contributed by atoms with Crippen LogP contribution < -0.4 is 10.6 Å². The van der Waals surface area contributed by atoms with Crippen molar-refractivity contribution in [1.82, 2.24) is 10.6 Å². The average molecular weight is 238 g/mol. The molecule has 2 N–H and O–H groups in total. The number of alkyl carbamates (subject to hydrolysis) is 1. The minimum absolute atomic E-state index is 0.292. The Morgan fingerprint density at radius 2 is 2.41 bits per heavy atom. The maximum atomic E-state index is 11.2. The van der Waals surface area contributed by atoms with Crippen molar-refractivity contribution in [3.63, 3.8) is 0 Å². The monoisotopic (exact) mass is 238 g/mol. The van der Waals surface area contributed by atoms with E-state index in [0.29, 0.717) is 18.4 Å². The summed E-state index contributed by atoms with van der Waals surface area (Å²) in [4.78, 5) is 11.2. The fourth-order valence-electron chi connectivity index (χ4n) is 2.92. The topological polar surface area (TPSA) is 50.4 Å². The molecular formula is C13H22N2O2. The van der Waals surface area contributed by atoms with Crippen molar-refractivity contribution < 1.29 is 9.53 Å². The highest BCUT2D eigenvalue weighted by atomic mass is 16.5. The van der Waals surface area contributed by atoms with Gasteiger partial charge in [0.2, 0.25) is 0 Å². The van der Waals surface area contributed by atoms with Gasteiger partial charge < -0.3 is 15.4 Å². The molecule has 0 aromatic carbocycles. The van der Waals surface area contributed by atoms with Gasteiger partial charge in [0.15, 0.2) is 0 Å². The van der Waals surface area contributed by atoms with E-state index in [4.69, 9.17) is 4.74 Å². The first kappa shape index (κ1) is 12.4. The highest BCUT2D eigenvalue weighted by molar-refractivity contribution is 5.66. The molecule has 4 nitrogen and oxygen atoms in total. The third kappa shape index (κ3) is 3.22. The summed E-state index contributed by atoms with van der Waals surface area (Å²) in [6.07, 6.45) is 6.54. The van der Waals surface area contributed by atoms with Gasteiger partial charge in [-0.05, 0) is 44.1 Å². The Bertz CT molecular complexity index is 291. The van der Waals surface area contributed by atoms with E-state index in [2.05, 4.69) is 22.8 Å². The van der Waals surface area contributed by atoms with Gasteiger partial charge >= 0.3 is 6.09 Å². The quantitative estimate of drug-likeness (QED) is 0.730. The van der Waals surface area contributed by atoms with E-state index < -0.39 is 0 Å². The molecule has 3 unspecified atom stereocenters. The van der Waals surface area contributed by atoms with Gasteiger partial charge in [-0.3, -0.25) is 0 Å². The second kappa shape index (κ2) is 6.05. The standard InChI is InChI=1S/C13H22N2O2/c1-2-17-13(16)15-7-6-10-4-3-5-11-8-14-9-12(10)11/h3,5,10-12,14H,2,4,6-9H2,1H3,(H,15,16). The third-order valence-corrected chi connectivity index (χ3v) is 3.80. The van der Waals surface area contributed by atoms with Crippen LogP contribution in [0.15, 0.2) is 12.2 Å². The average Bonchev–Trinajstić information content (AvgIpc) is 2.78. The maximum absolute atomic E-state index is 11.2. The normalized spacial score (nSPS) is 31.0. The number of carbonyl (C=O) groups is 1. The summed E-state index contributed by atoms with van der Waals surface area (Å²) in [5.74, 6) is 2.15. The molecule has 0 aromatic heterocycles. The molecule has 0 spiro atoms. The number of nitrogens with one attached hydrogen (secondary N) is 2. The minimum Gasteiger partial charge on any atom is -0.450 e. The van der Waals surface area contributed by atoms with Gasteiger partial charge in [0.1, 0.15) is 0 Å². The lowest BCUT2D eigenvalue weighted by atomic mass is 9.76. The SMILES string of the molecule is CCOC(=O)NCCC1CC=CC2CNCC21. The number of ether oxygens (including phenoxy) is 1. The largest absolute Gasteiger partial charge is 0.450 e. The first-order valence-electron chi connectivity index (χ1n) is 6.59. The molecule has 1 fully saturated rings. The van der Waals surface area contributed by atoms with E-state index in [-0.39, 0.29) is 6.09 Å². The zero-order valence-electron chi connectivity index (χ0n) is 10.4. The fraction of sp³-hybridized carbons (Fsp3) is 0.769. The molecule has 17 heavy (non-hydrogen) atoms. The number of fused-ring (bicyclic) bond motifs is 1. The Morgan fingerprint density at radius 3 is 3.24 bits per heavy atom. The number of rotatable bonds is 4. The van der Waals surface area contributed by atoms with Crippen LogP contribution in [0.1, 0.15) is 19.8 Å². The van der Waals surface area contributed by atoms with Crippen molar-refractivity contribution in [2.45, 2.75) is 19.8 Å². The smallest absolute Gasteiger partial charge is 0.407 e. The van der Waals surface area contributed by atoms with Gasteiger partial charge in [-0.1, -0.05) is 12.2 Å². The molecule has 1 amide bonds. The van der Waals surface area contributed by atoms with Gasteiger partial charge in [-0.25, -0.2) is 4.79 Å². The predicted molar refractivity (Wildman–Crippen MR) is 66.7 cm³/mol. The molecule has 4 heteroatoms. The second-order valence-corrected chi connectivity index (χ2v) is 4.85.